The van der Waals surface area contributed by atoms with Gasteiger partial charge >= 0.3 is 0 Å². The second-order valence-electron chi connectivity index (χ2n) is 4.16. The summed E-state index contributed by atoms with van der Waals surface area (Å²) in [4.78, 5) is 10.9. The summed E-state index contributed by atoms with van der Waals surface area (Å²) in [6.07, 6.45) is 1.80. The summed E-state index contributed by atoms with van der Waals surface area (Å²) in [7, 11) is 3.02. The van der Waals surface area contributed by atoms with E-state index in [1.54, 1.807) is 12.1 Å². The average molecular weight is 252 g/mol. The van der Waals surface area contributed by atoms with Gasteiger partial charge in [-0.15, -0.1) is 0 Å². The lowest BCUT2D eigenvalue weighted by Crippen LogP contribution is -2.25. The van der Waals surface area contributed by atoms with E-state index in [1.807, 2.05) is 13.8 Å². The molecule has 0 spiro atoms. The van der Waals surface area contributed by atoms with Crippen LogP contribution in [0, 0.1) is 0 Å². The first kappa shape index (κ1) is 14.5. The van der Waals surface area contributed by atoms with Crippen molar-refractivity contribution in [2.75, 3.05) is 14.2 Å². The van der Waals surface area contributed by atoms with E-state index in [4.69, 9.17) is 9.47 Å². The third kappa shape index (κ3) is 2.48. The van der Waals surface area contributed by atoms with E-state index in [0.717, 1.165) is 6.29 Å². The lowest BCUT2D eigenvalue weighted by Gasteiger charge is -2.29. The molecule has 1 rings (SSSR count). The number of hydrogen-bond donors (Lipinski definition) is 1. The number of benzene rings is 1. The average Bonchev–Trinajstić information content (AvgIpc) is 2.44. The Morgan fingerprint density at radius 3 is 1.89 bits per heavy atom. The van der Waals surface area contributed by atoms with E-state index in [9.17, 15) is 9.90 Å². The Morgan fingerprint density at radius 1 is 1.17 bits per heavy atom. The zero-order chi connectivity index (χ0) is 13.8. The van der Waals surface area contributed by atoms with Gasteiger partial charge in [0.15, 0.2) is 0 Å². The lowest BCUT2D eigenvalue weighted by molar-refractivity contribution is 0.0236. The van der Waals surface area contributed by atoms with Gasteiger partial charge in [0.05, 0.1) is 25.4 Å². The molecule has 1 aromatic rings. The van der Waals surface area contributed by atoms with Crippen LogP contribution in [0.25, 0.3) is 0 Å². The zero-order valence-electron chi connectivity index (χ0n) is 11.3. The van der Waals surface area contributed by atoms with Crippen molar-refractivity contribution < 1.29 is 19.4 Å². The second kappa shape index (κ2) is 5.87. The molecule has 0 heterocycles. The smallest absolute Gasteiger partial charge is 0.150 e. The van der Waals surface area contributed by atoms with Gasteiger partial charge < -0.3 is 14.6 Å². The van der Waals surface area contributed by atoms with Crippen LogP contribution in [-0.2, 0) is 5.60 Å². The molecule has 0 saturated carbocycles. The van der Waals surface area contributed by atoms with Crippen LogP contribution in [0.1, 0.15) is 42.6 Å². The molecule has 18 heavy (non-hydrogen) atoms. The number of hydrogen-bond acceptors (Lipinski definition) is 4. The van der Waals surface area contributed by atoms with Crippen molar-refractivity contribution in [3.05, 3.63) is 23.3 Å². The first-order valence-corrected chi connectivity index (χ1v) is 6.00. The Bertz CT molecular complexity index is 397. The highest BCUT2D eigenvalue weighted by Gasteiger charge is 2.32. The molecule has 100 valence electrons. The van der Waals surface area contributed by atoms with Crippen LogP contribution in [0.4, 0.5) is 0 Å². The molecular formula is C14H20O4. The molecule has 0 fully saturated rings. The van der Waals surface area contributed by atoms with Crippen LogP contribution in [0.3, 0.4) is 0 Å². The Morgan fingerprint density at radius 2 is 1.61 bits per heavy atom. The highest BCUT2D eigenvalue weighted by molar-refractivity contribution is 5.77. The Balaban J connectivity index is 3.53. The number of carbonyl (C=O) groups is 1. The molecule has 1 aromatic carbocycles. The van der Waals surface area contributed by atoms with Crippen LogP contribution in [0.5, 0.6) is 11.5 Å². The van der Waals surface area contributed by atoms with Gasteiger partial charge in [-0.05, 0) is 25.0 Å². The first-order valence-electron chi connectivity index (χ1n) is 6.00. The maximum Gasteiger partial charge on any atom is 0.150 e. The quantitative estimate of drug-likeness (QED) is 0.790. The van der Waals surface area contributed by atoms with E-state index in [1.165, 1.54) is 14.2 Å². The second-order valence-corrected chi connectivity index (χ2v) is 4.16. The molecule has 0 aliphatic rings. The standard InChI is InChI=1S/C14H20O4/c1-5-14(16,6-2)13-11(17-3)7-10(9-15)8-12(13)18-4/h7-9,16H,5-6H2,1-4H3. The fourth-order valence-electron chi connectivity index (χ4n) is 2.06. The van der Waals surface area contributed by atoms with Crippen molar-refractivity contribution in [3.8, 4) is 11.5 Å². The highest BCUT2D eigenvalue weighted by Crippen LogP contribution is 2.42. The van der Waals surface area contributed by atoms with Gasteiger partial charge in [-0.2, -0.15) is 0 Å². The summed E-state index contributed by atoms with van der Waals surface area (Å²) in [5.74, 6) is 0.949. The van der Waals surface area contributed by atoms with E-state index in [-0.39, 0.29) is 0 Å². The molecule has 1 N–H and O–H groups in total. The van der Waals surface area contributed by atoms with Gasteiger partial charge in [0.2, 0.25) is 0 Å². The SMILES string of the molecule is CCC(O)(CC)c1c(OC)cc(C=O)cc1OC. The number of carbonyl (C=O) groups excluding carboxylic acids is 1. The number of aldehydes is 1. The first-order chi connectivity index (χ1) is 8.56. The third-order valence-corrected chi connectivity index (χ3v) is 3.30. The molecule has 0 aliphatic carbocycles. The predicted molar refractivity (Wildman–Crippen MR) is 69.4 cm³/mol. The van der Waals surface area contributed by atoms with Crippen LogP contribution < -0.4 is 9.47 Å². The molecule has 0 saturated heterocycles. The minimum Gasteiger partial charge on any atom is -0.496 e. The molecule has 0 radical (unpaired) electrons. The fourth-order valence-corrected chi connectivity index (χ4v) is 2.06. The van der Waals surface area contributed by atoms with E-state index < -0.39 is 5.60 Å². The molecule has 0 aliphatic heterocycles. The highest BCUT2D eigenvalue weighted by atomic mass is 16.5. The molecule has 0 unspecified atom stereocenters. The molecular weight excluding hydrogens is 232 g/mol. The molecule has 4 nitrogen and oxygen atoms in total. The minimum atomic E-state index is -1.02. The van der Waals surface area contributed by atoms with Crippen LogP contribution in [0.15, 0.2) is 12.1 Å². The molecule has 0 atom stereocenters. The fraction of sp³-hybridized carbons (Fsp3) is 0.500. The Hall–Kier alpha value is -1.55. The normalized spacial score (nSPS) is 11.2. The van der Waals surface area contributed by atoms with E-state index in [0.29, 0.717) is 35.5 Å². The van der Waals surface area contributed by atoms with Crippen molar-refractivity contribution in [2.24, 2.45) is 0 Å². The van der Waals surface area contributed by atoms with Crippen molar-refractivity contribution in [2.45, 2.75) is 32.3 Å². The Kier molecular flexibility index (Phi) is 4.73. The summed E-state index contributed by atoms with van der Waals surface area (Å²) in [6.45, 7) is 3.80. The monoisotopic (exact) mass is 252 g/mol. The largest absolute Gasteiger partial charge is 0.496 e. The minimum absolute atomic E-state index is 0.460. The number of aliphatic hydroxyl groups is 1. The molecule has 0 aromatic heterocycles. The van der Waals surface area contributed by atoms with Crippen molar-refractivity contribution in [3.63, 3.8) is 0 Å². The summed E-state index contributed by atoms with van der Waals surface area (Å²) in [5, 5.41) is 10.6. The van der Waals surface area contributed by atoms with Crippen molar-refractivity contribution in [1.29, 1.82) is 0 Å². The number of rotatable bonds is 6. The van der Waals surface area contributed by atoms with Crippen LogP contribution in [-0.4, -0.2) is 25.6 Å². The van der Waals surface area contributed by atoms with Crippen molar-refractivity contribution >= 4 is 6.29 Å². The lowest BCUT2D eigenvalue weighted by atomic mass is 9.86. The van der Waals surface area contributed by atoms with Gasteiger partial charge in [0.1, 0.15) is 17.8 Å². The summed E-state index contributed by atoms with van der Waals surface area (Å²) in [5.41, 5.74) is 0.0445. The summed E-state index contributed by atoms with van der Waals surface area (Å²) >= 11 is 0. The Labute approximate surface area is 108 Å². The predicted octanol–water partition coefficient (Wildman–Crippen LogP) is 2.52. The number of methoxy groups -OCH3 is 2. The van der Waals surface area contributed by atoms with Gasteiger partial charge in [-0.1, -0.05) is 13.8 Å². The van der Waals surface area contributed by atoms with Crippen LogP contribution >= 0.6 is 0 Å². The van der Waals surface area contributed by atoms with E-state index >= 15 is 0 Å². The number of ether oxygens (including phenoxy) is 2. The van der Waals surface area contributed by atoms with Crippen LogP contribution in [0.2, 0.25) is 0 Å². The van der Waals surface area contributed by atoms with Gasteiger partial charge in [-0.3, -0.25) is 4.79 Å². The molecule has 4 heteroatoms. The van der Waals surface area contributed by atoms with Gasteiger partial charge in [-0.25, -0.2) is 0 Å². The molecule has 0 amide bonds. The summed E-state index contributed by atoms with van der Waals surface area (Å²) < 4.78 is 10.6. The maximum atomic E-state index is 10.9. The topological polar surface area (TPSA) is 55.8 Å². The van der Waals surface area contributed by atoms with E-state index in [2.05, 4.69) is 0 Å². The van der Waals surface area contributed by atoms with Gasteiger partial charge in [0, 0.05) is 5.56 Å². The maximum absolute atomic E-state index is 10.9. The van der Waals surface area contributed by atoms with Crippen molar-refractivity contribution in [1.82, 2.24) is 0 Å². The van der Waals surface area contributed by atoms with Gasteiger partial charge in [0.25, 0.3) is 0 Å². The summed E-state index contributed by atoms with van der Waals surface area (Å²) in [6, 6.07) is 3.22. The zero-order valence-corrected chi connectivity index (χ0v) is 11.3. The molecule has 0 bridgehead atoms. The third-order valence-electron chi connectivity index (χ3n) is 3.30.